The highest BCUT2D eigenvalue weighted by molar-refractivity contribution is 5.59. The van der Waals surface area contributed by atoms with E-state index in [0.717, 1.165) is 18.3 Å². The summed E-state index contributed by atoms with van der Waals surface area (Å²) in [6.45, 7) is 2.07. The number of terminal acetylenes is 1. The van der Waals surface area contributed by atoms with Crippen LogP contribution in [0.4, 0.5) is 0 Å². The molecule has 72 valence electrons. The van der Waals surface area contributed by atoms with Crippen LogP contribution in [0.15, 0.2) is 18.5 Å². The smallest absolute Gasteiger partial charge is 0.135 e. The minimum Gasteiger partial charge on any atom is -0.302 e. The van der Waals surface area contributed by atoms with Gasteiger partial charge >= 0.3 is 0 Å². The monoisotopic (exact) mass is 187 g/mol. The molecule has 1 heterocycles. The van der Waals surface area contributed by atoms with Crippen LogP contribution in [0.25, 0.3) is 0 Å². The molecule has 0 aliphatic heterocycles. The second-order valence-corrected chi connectivity index (χ2v) is 3.11. The van der Waals surface area contributed by atoms with Gasteiger partial charge in [-0.2, -0.15) is 0 Å². The number of aryl methyl sites for hydroxylation is 1. The number of carbonyl (C=O) groups excluding carboxylic acids is 1. The van der Waals surface area contributed by atoms with Crippen LogP contribution in [-0.2, 0) is 17.6 Å². The fraction of sp³-hybridized carbons (Fsp3) is 0.333. The summed E-state index contributed by atoms with van der Waals surface area (Å²) in [4.78, 5) is 14.6. The van der Waals surface area contributed by atoms with Crippen molar-refractivity contribution in [1.29, 1.82) is 0 Å². The van der Waals surface area contributed by atoms with Gasteiger partial charge in [-0.25, -0.2) is 0 Å². The number of carbonyl (C=O) groups is 1. The van der Waals surface area contributed by atoms with Gasteiger partial charge in [0.05, 0.1) is 5.92 Å². The number of hydrogen-bond acceptors (Lipinski definition) is 2. The lowest BCUT2D eigenvalue weighted by atomic mass is 9.98. The van der Waals surface area contributed by atoms with Crippen LogP contribution in [-0.4, -0.2) is 11.3 Å². The molecule has 0 bridgehead atoms. The minimum absolute atomic E-state index is 0.329. The quantitative estimate of drug-likeness (QED) is 0.529. The van der Waals surface area contributed by atoms with E-state index in [-0.39, 0.29) is 5.92 Å². The zero-order valence-electron chi connectivity index (χ0n) is 8.23. The van der Waals surface area contributed by atoms with Gasteiger partial charge in [0.2, 0.25) is 0 Å². The van der Waals surface area contributed by atoms with E-state index in [9.17, 15) is 4.79 Å². The molecule has 0 N–H and O–H groups in total. The van der Waals surface area contributed by atoms with Gasteiger partial charge in [0.15, 0.2) is 0 Å². The first kappa shape index (κ1) is 10.5. The molecule has 1 unspecified atom stereocenters. The first-order valence-electron chi connectivity index (χ1n) is 4.65. The third-order valence-electron chi connectivity index (χ3n) is 2.20. The Hall–Kier alpha value is -1.62. The van der Waals surface area contributed by atoms with E-state index >= 15 is 0 Å². The van der Waals surface area contributed by atoms with Crippen LogP contribution >= 0.6 is 0 Å². The Kier molecular flexibility index (Phi) is 3.87. The highest BCUT2D eigenvalue weighted by atomic mass is 16.1. The molecule has 0 aliphatic carbocycles. The van der Waals surface area contributed by atoms with Gasteiger partial charge in [-0.3, -0.25) is 4.98 Å². The van der Waals surface area contributed by atoms with Crippen LogP contribution < -0.4 is 0 Å². The number of pyridine rings is 1. The number of aromatic nitrogens is 1. The SMILES string of the molecule is C#CC(C=O)Cc1cnccc1CC. The maximum atomic E-state index is 10.6. The summed E-state index contributed by atoms with van der Waals surface area (Å²) in [5, 5.41) is 0. The summed E-state index contributed by atoms with van der Waals surface area (Å²) < 4.78 is 0. The van der Waals surface area contributed by atoms with Crippen molar-refractivity contribution in [3.05, 3.63) is 29.6 Å². The van der Waals surface area contributed by atoms with E-state index in [0.29, 0.717) is 6.42 Å². The van der Waals surface area contributed by atoms with E-state index in [1.54, 1.807) is 12.4 Å². The van der Waals surface area contributed by atoms with Gasteiger partial charge < -0.3 is 4.79 Å². The average Bonchev–Trinajstić information content (AvgIpc) is 2.26. The molecule has 14 heavy (non-hydrogen) atoms. The fourth-order valence-electron chi connectivity index (χ4n) is 1.37. The zero-order chi connectivity index (χ0) is 10.4. The fourth-order valence-corrected chi connectivity index (χ4v) is 1.37. The lowest BCUT2D eigenvalue weighted by Crippen LogP contribution is -2.05. The molecule has 0 fully saturated rings. The van der Waals surface area contributed by atoms with Crippen molar-refractivity contribution in [1.82, 2.24) is 4.98 Å². The molecule has 0 amide bonds. The first-order chi connectivity index (χ1) is 6.81. The van der Waals surface area contributed by atoms with Crippen molar-refractivity contribution in [2.24, 2.45) is 5.92 Å². The Morgan fingerprint density at radius 2 is 2.43 bits per heavy atom. The van der Waals surface area contributed by atoms with E-state index in [2.05, 4.69) is 17.8 Å². The van der Waals surface area contributed by atoms with Crippen molar-refractivity contribution in [3.63, 3.8) is 0 Å². The molecule has 0 radical (unpaired) electrons. The Balaban J connectivity index is 2.85. The first-order valence-corrected chi connectivity index (χ1v) is 4.65. The van der Waals surface area contributed by atoms with Crippen molar-refractivity contribution in [2.45, 2.75) is 19.8 Å². The van der Waals surface area contributed by atoms with E-state index in [1.165, 1.54) is 5.56 Å². The second kappa shape index (κ2) is 5.18. The van der Waals surface area contributed by atoms with Crippen LogP contribution in [0.2, 0.25) is 0 Å². The van der Waals surface area contributed by atoms with Crippen molar-refractivity contribution in [2.75, 3.05) is 0 Å². The zero-order valence-corrected chi connectivity index (χ0v) is 8.23. The molecular weight excluding hydrogens is 174 g/mol. The molecule has 2 heteroatoms. The molecule has 1 aromatic rings. The highest BCUT2D eigenvalue weighted by Crippen LogP contribution is 2.12. The summed E-state index contributed by atoms with van der Waals surface area (Å²) in [5.74, 6) is 2.13. The van der Waals surface area contributed by atoms with Gasteiger partial charge in [0, 0.05) is 12.4 Å². The average molecular weight is 187 g/mol. The topological polar surface area (TPSA) is 30.0 Å². The van der Waals surface area contributed by atoms with E-state index < -0.39 is 0 Å². The molecule has 2 nitrogen and oxygen atoms in total. The number of hydrogen-bond donors (Lipinski definition) is 0. The Bertz CT molecular complexity index is 352. The Labute approximate surface area is 84.4 Å². The lowest BCUT2D eigenvalue weighted by molar-refractivity contribution is -0.109. The molecule has 1 aromatic heterocycles. The summed E-state index contributed by atoms with van der Waals surface area (Å²) >= 11 is 0. The number of rotatable bonds is 4. The molecule has 0 saturated carbocycles. The Morgan fingerprint density at radius 1 is 1.64 bits per heavy atom. The standard InChI is InChI=1S/C12H13NO/c1-3-10(9-14)7-12-8-13-6-5-11(12)4-2/h1,5-6,8-10H,4,7H2,2H3. The number of aldehydes is 1. The van der Waals surface area contributed by atoms with E-state index in [1.807, 2.05) is 6.07 Å². The molecule has 1 atom stereocenters. The predicted molar refractivity (Wildman–Crippen MR) is 55.7 cm³/mol. The maximum Gasteiger partial charge on any atom is 0.135 e. The van der Waals surface area contributed by atoms with Crippen LogP contribution in [0.1, 0.15) is 18.1 Å². The highest BCUT2D eigenvalue weighted by Gasteiger charge is 2.07. The van der Waals surface area contributed by atoms with Gasteiger partial charge in [0.1, 0.15) is 6.29 Å². The van der Waals surface area contributed by atoms with Gasteiger partial charge in [0.25, 0.3) is 0 Å². The summed E-state index contributed by atoms with van der Waals surface area (Å²) in [6.07, 6.45) is 11.1. The summed E-state index contributed by atoms with van der Waals surface area (Å²) in [7, 11) is 0. The molecule has 1 rings (SSSR count). The normalized spacial score (nSPS) is 11.7. The van der Waals surface area contributed by atoms with Gasteiger partial charge in [-0.05, 0) is 30.0 Å². The number of nitrogens with zero attached hydrogens (tertiary/aromatic N) is 1. The lowest BCUT2D eigenvalue weighted by Gasteiger charge is -2.07. The molecule has 0 spiro atoms. The predicted octanol–water partition coefficient (Wildman–Crippen LogP) is 1.63. The second-order valence-electron chi connectivity index (χ2n) is 3.11. The molecule has 0 aliphatic rings. The Morgan fingerprint density at radius 3 is 3.00 bits per heavy atom. The molecule has 0 aromatic carbocycles. The third-order valence-corrected chi connectivity index (χ3v) is 2.20. The van der Waals surface area contributed by atoms with Crippen LogP contribution in [0, 0.1) is 18.3 Å². The van der Waals surface area contributed by atoms with Gasteiger partial charge in [-0.15, -0.1) is 6.42 Å². The summed E-state index contributed by atoms with van der Waals surface area (Å²) in [5.41, 5.74) is 2.28. The van der Waals surface area contributed by atoms with E-state index in [4.69, 9.17) is 6.42 Å². The van der Waals surface area contributed by atoms with Gasteiger partial charge in [-0.1, -0.05) is 12.8 Å². The summed E-state index contributed by atoms with van der Waals surface area (Å²) in [6, 6.07) is 1.97. The van der Waals surface area contributed by atoms with Crippen LogP contribution in [0.5, 0.6) is 0 Å². The van der Waals surface area contributed by atoms with Crippen molar-refractivity contribution < 1.29 is 4.79 Å². The third kappa shape index (κ3) is 2.43. The molecular formula is C12H13NO. The molecule has 0 saturated heterocycles. The maximum absolute atomic E-state index is 10.6. The minimum atomic E-state index is -0.329. The largest absolute Gasteiger partial charge is 0.302 e. The van der Waals surface area contributed by atoms with Crippen LogP contribution in [0.3, 0.4) is 0 Å². The van der Waals surface area contributed by atoms with Crippen molar-refractivity contribution in [3.8, 4) is 12.3 Å². The van der Waals surface area contributed by atoms with Crippen molar-refractivity contribution >= 4 is 6.29 Å².